The van der Waals surface area contributed by atoms with Crippen molar-refractivity contribution in [3.63, 3.8) is 0 Å². The standard InChI is InChI=1S/C9H19NO2S/c1-8(7-11-2)12-6-4-3-5-9(10)13/h8H,3-7H2,1-2H3,(H2,10,13). The van der Waals surface area contributed by atoms with Gasteiger partial charge in [0.1, 0.15) is 0 Å². The molecule has 0 aliphatic rings. The normalized spacial score (nSPS) is 12.8. The van der Waals surface area contributed by atoms with Gasteiger partial charge in [-0.2, -0.15) is 0 Å². The Morgan fingerprint density at radius 2 is 2.15 bits per heavy atom. The summed E-state index contributed by atoms with van der Waals surface area (Å²) in [5.74, 6) is 0. The van der Waals surface area contributed by atoms with Crippen molar-refractivity contribution in [1.82, 2.24) is 0 Å². The molecule has 78 valence electrons. The van der Waals surface area contributed by atoms with Crippen molar-refractivity contribution in [2.45, 2.75) is 32.3 Å². The molecule has 0 heterocycles. The summed E-state index contributed by atoms with van der Waals surface area (Å²) in [5, 5.41) is 0. The molecule has 0 aliphatic carbocycles. The summed E-state index contributed by atoms with van der Waals surface area (Å²) in [6.45, 7) is 3.40. The van der Waals surface area contributed by atoms with Crippen molar-refractivity contribution in [2.24, 2.45) is 5.73 Å². The van der Waals surface area contributed by atoms with Crippen LogP contribution in [-0.2, 0) is 9.47 Å². The summed E-state index contributed by atoms with van der Waals surface area (Å²) >= 11 is 4.76. The van der Waals surface area contributed by atoms with Gasteiger partial charge in [-0.25, -0.2) is 0 Å². The maximum absolute atomic E-state index is 5.46. The molecule has 0 aromatic rings. The Labute approximate surface area is 85.6 Å². The van der Waals surface area contributed by atoms with Crippen LogP contribution in [0.25, 0.3) is 0 Å². The molecule has 0 amide bonds. The lowest BCUT2D eigenvalue weighted by Crippen LogP contribution is -2.15. The van der Waals surface area contributed by atoms with Crippen LogP contribution in [0.15, 0.2) is 0 Å². The Morgan fingerprint density at radius 1 is 1.46 bits per heavy atom. The van der Waals surface area contributed by atoms with Crippen molar-refractivity contribution >= 4 is 17.2 Å². The first kappa shape index (κ1) is 12.8. The lowest BCUT2D eigenvalue weighted by Gasteiger charge is -2.11. The zero-order valence-electron chi connectivity index (χ0n) is 8.41. The molecule has 0 aliphatic heterocycles. The van der Waals surface area contributed by atoms with Gasteiger partial charge in [-0.1, -0.05) is 12.2 Å². The minimum Gasteiger partial charge on any atom is -0.393 e. The number of ether oxygens (including phenoxy) is 2. The van der Waals surface area contributed by atoms with Crippen LogP contribution >= 0.6 is 12.2 Å². The summed E-state index contributed by atoms with van der Waals surface area (Å²) in [6, 6.07) is 0. The molecule has 3 nitrogen and oxygen atoms in total. The van der Waals surface area contributed by atoms with Crippen molar-refractivity contribution in [3.8, 4) is 0 Å². The highest BCUT2D eigenvalue weighted by molar-refractivity contribution is 7.80. The van der Waals surface area contributed by atoms with Crippen LogP contribution in [0, 0.1) is 0 Å². The first-order valence-corrected chi connectivity index (χ1v) is 4.96. The smallest absolute Gasteiger partial charge is 0.0780 e. The van der Waals surface area contributed by atoms with E-state index in [1.165, 1.54) is 0 Å². The van der Waals surface area contributed by atoms with Crippen LogP contribution in [-0.4, -0.2) is 31.4 Å². The fourth-order valence-corrected chi connectivity index (χ4v) is 1.11. The second-order valence-corrected chi connectivity index (χ2v) is 3.58. The number of rotatable bonds is 8. The van der Waals surface area contributed by atoms with E-state index in [0.29, 0.717) is 11.6 Å². The molecule has 2 N–H and O–H groups in total. The third-order valence-corrected chi connectivity index (χ3v) is 1.83. The van der Waals surface area contributed by atoms with Crippen LogP contribution in [0.5, 0.6) is 0 Å². The van der Waals surface area contributed by atoms with Crippen LogP contribution in [0.1, 0.15) is 26.2 Å². The molecule has 0 bridgehead atoms. The van der Waals surface area contributed by atoms with Gasteiger partial charge < -0.3 is 15.2 Å². The first-order chi connectivity index (χ1) is 6.16. The first-order valence-electron chi connectivity index (χ1n) is 4.55. The molecule has 13 heavy (non-hydrogen) atoms. The van der Waals surface area contributed by atoms with Gasteiger partial charge in [0.15, 0.2) is 0 Å². The molecule has 0 fully saturated rings. The lowest BCUT2D eigenvalue weighted by molar-refractivity contribution is 0.00793. The summed E-state index contributed by atoms with van der Waals surface area (Å²) < 4.78 is 10.4. The molecule has 0 aromatic heterocycles. The third-order valence-electron chi connectivity index (χ3n) is 1.62. The zero-order valence-corrected chi connectivity index (χ0v) is 9.23. The molecule has 0 aromatic carbocycles. The van der Waals surface area contributed by atoms with E-state index in [2.05, 4.69) is 0 Å². The summed E-state index contributed by atoms with van der Waals surface area (Å²) in [5.41, 5.74) is 5.35. The Bertz CT molecular complexity index is 142. The van der Waals surface area contributed by atoms with Crippen molar-refractivity contribution < 1.29 is 9.47 Å². The molecule has 0 rings (SSSR count). The molecule has 0 saturated carbocycles. The van der Waals surface area contributed by atoms with Gasteiger partial charge in [0.25, 0.3) is 0 Å². The minimum atomic E-state index is 0.176. The fraction of sp³-hybridized carbons (Fsp3) is 0.889. The largest absolute Gasteiger partial charge is 0.393 e. The zero-order chi connectivity index (χ0) is 10.1. The SMILES string of the molecule is COCC(C)OCCCCC(N)=S. The topological polar surface area (TPSA) is 44.5 Å². The number of unbranched alkanes of at least 4 members (excludes halogenated alkanes) is 1. The van der Waals surface area contributed by atoms with E-state index in [0.717, 1.165) is 25.9 Å². The van der Waals surface area contributed by atoms with E-state index < -0.39 is 0 Å². The number of thiocarbonyl (C=S) groups is 1. The third kappa shape index (κ3) is 9.73. The fourth-order valence-electron chi connectivity index (χ4n) is 0.969. The Hall–Kier alpha value is -0.190. The number of methoxy groups -OCH3 is 1. The molecular formula is C9H19NO2S. The Morgan fingerprint density at radius 3 is 2.69 bits per heavy atom. The predicted octanol–water partition coefficient (Wildman–Crippen LogP) is 1.49. The minimum absolute atomic E-state index is 0.176. The summed E-state index contributed by atoms with van der Waals surface area (Å²) in [7, 11) is 1.67. The Kier molecular flexibility index (Phi) is 8.29. The van der Waals surface area contributed by atoms with Gasteiger partial charge in [0.05, 0.1) is 17.7 Å². The van der Waals surface area contributed by atoms with Crippen LogP contribution in [0.4, 0.5) is 0 Å². The van der Waals surface area contributed by atoms with Crippen molar-refractivity contribution in [2.75, 3.05) is 20.3 Å². The number of nitrogens with two attached hydrogens (primary N) is 1. The van der Waals surface area contributed by atoms with Gasteiger partial charge >= 0.3 is 0 Å². The average molecular weight is 205 g/mol. The van der Waals surface area contributed by atoms with E-state index in [4.69, 9.17) is 27.4 Å². The molecule has 4 heteroatoms. The molecule has 1 unspecified atom stereocenters. The van der Waals surface area contributed by atoms with Crippen LogP contribution in [0.3, 0.4) is 0 Å². The van der Waals surface area contributed by atoms with E-state index in [1.807, 2.05) is 6.92 Å². The highest BCUT2D eigenvalue weighted by Crippen LogP contribution is 1.98. The van der Waals surface area contributed by atoms with Gasteiger partial charge in [0.2, 0.25) is 0 Å². The molecule has 0 radical (unpaired) electrons. The summed E-state index contributed by atoms with van der Waals surface area (Å²) in [4.78, 5) is 0.588. The van der Waals surface area contributed by atoms with E-state index >= 15 is 0 Å². The van der Waals surface area contributed by atoms with Gasteiger partial charge in [-0.05, 0) is 26.2 Å². The van der Waals surface area contributed by atoms with E-state index in [-0.39, 0.29) is 6.10 Å². The maximum atomic E-state index is 5.46. The van der Waals surface area contributed by atoms with Gasteiger partial charge in [-0.15, -0.1) is 0 Å². The lowest BCUT2D eigenvalue weighted by atomic mass is 10.2. The maximum Gasteiger partial charge on any atom is 0.0780 e. The quantitative estimate of drug-likeness (QED) is 0.482. The monoisotopic (exact) mass is 205 g/mol. The molecule has 1 atom stereocenters. The number of hydrogen-bond acceptors (Lipinski definition) is 3. The predicted molar refractivity (Wildman–Crippen MR) is 57.9 cm³/mol. The second kappa shape index (κ2) is 8.41. The Balaban J connectivity index is 3.11. The molecule has 0 saturated heterocycles. The van der Waals surface area contributed by atoms with E-state index in [1.54, 1.807) is 7.11 Å². The summed E-state index contributed by atoms with van der Waals surface area (Å²) in [6.07, 6.45) is 3.01. The van der Waals surface area contributed by atoms with Crippen molar-refractivity contribution in [1.29, 1.82) is 0 Å². The highest BCUT2D eigenvalue weighted by atomic mass is 32.1. The molecule has 0 spiro atoms. The van der Waals surface area contributed by atoms with Crippen LogP contribution in [0.2, 0.25) is 0 Å². The van der Waals surface area contributed by atoms with Crippen LogP contribution < -0.4 is 5.73 Å². The average Bonchev–Trinajstić information content (AvgIpc) is 2.03. The second-order valence-electron chi connectivity index (χ2n) is 3.06. The van der Waals surface area contributed by atoms with Crippen molar-refractivity contribution in [3.05, 3.63) is 0 Å². The highest BCUT2D eigenvalue weighted by Gasteiger charge is 2.00. The van der Waals surface area contributed by atoms with Gasteiger partial charge in [-0.3, -0.25) is 0 Å². The van der Waals surface area contributed by atoms with E-state index in [9.17, 15) is 0 Å². The molecular weight excluding hydrogens is 186 g/mol. The van der Waals surface area contributed by atoms with Gasteiger partial charge in [0, 0.05) is 13.7 Å². The number of hydrogen-bond donors (Lipinski definition) is 1.